The molecule has 0 aliphatic carbocycles. The van der Waals surface area contributed by atoms with Gasteiger partial charge in [0.2, 0.25) is 0 Å². The van der Waals surface area contributed by atoms with E-state index in [4.69, 9.17) is 11.6 Å². The first-order chi connectivity index (χ1) is 10.1. The van der Waals surface area contributed by atoms with E-state index in [1.54, 1.807) is 4.57 Å². The Morgan fingerprint density at radius 3 is 2.71 bits per heavy atom. The second-order valence-corrected chi connectivity index (χ2v) is 5.04. The third-order valence-electron chi connectivity index (χ3n) is 3.44. The Bertz CT molecular complexity index is 811. The first-order valence-corrected chi connectivity index (χ1v) is 7.19. The van der Waals surface area contributed by atoms with Crippen molar-refractivity contribution in [2.45, 2.75) is 19.2 Å². The van der Waals surface area contributed by atoms with Gasteiger partial charge in [0.1, 0.15) is 17.2 Å². The number of aryl methyl sites for hydroxylation is 1. The van der Waals surface area contributed by atoms with E-state index in [-0.39, 0.29) is 11.4 Å². The van der Waals surface area contributed by atoms with Crippen LogP contribution < -0.4 is 0 Å². The van der Waals surface area contributed by atoms with Crippen molar-refractivity contribution in [3.8, 4) is 5.69 Å². The summed E-state index contributed by atoms with van der Waals surface area (Å²) >= 11 is 5.92. The van der Waals surface area contributed by atoms with Crippen LogP contribution in [0.25, 0.3) is 16.7 Å². The van der Waals surface area contributed by atoms with Gasteiger partial charge in [-0.2, -0.15) is 0 Å². The van der Waals surface area contributed by atoms with Gasteiger partial charge in [-0.15, -0.1) is 11.6 Å². The average molecular weight is 307 g/mol. The molecule has 5 heteroatoms. The number of hydrogen-bond acceptors (Lipinski definition) is 1. The number of fused-ring (bicyclic) bond motifs is 1. The third-order valence-corrected chi connectivity index (χ3v) is 3.68. The fourth-order valence-electron chi connectivity index (χ4n) is 2.44. The van der Waals surface area contributed by atoms with Crippen molar-refractivity contribution in [2.24, 2.45) is 0 Å². The first kappa shape index (κ1) is 14.0. The molecule has 3 rings (SSSR count). The number of imidazole rings is 1. The molecule has 1 heterocycles. The molecule has 1 aromatic heterocycles. The van der Waals surface area contributed by atoms with Crippen LogP contribution in [0.1, 0.15) is 18.3 Å². The predicted octanol–water partition coefficient (Wildman–Crippen LogP) is 4.60. The molecular formula is C16H13ClF2N2. The minimum Gasteiger partial charge on any atom is -0.295 e. The van der Waals surface area contributed by atoms with Crippen LogP contribution in [0.4, 0.5) is 8.78 Å². The van der Waals surface area contributed by atoms with E-state index >= 15 is 0 Å². The number of benzene rings is 2. The van der Waals surface area contributed by atoms with Crippen LogP contribution in [0.15, 0.2) is 36.4 Å². The molecule has 0 amide bonds. The zero-order valence-electron chi connectivity index (χ0n) is 11.4. The summed E-state index contributed by atoms with van der Waals surface area (Å²) in [6.45, 7) is 2.05. The van der Waals surface area contributed by atoms with Crippen LogP contribution in [-0.2, 0) is 12.3 Å². The minimum absolute atomic E-state index is 0.117. The van der Waals surface area contributed by atoms with Crippen molar-refractivity contribution >= 4 is 22.6 Å². The number of rotatable bonds is 3. The molecule has 0 atom stereocenters. The molecule has 108 valence electrons. The van der Waals surface area contributed by atoms with Gasteiger partial charge in [0, 0.05) is 17.8 Å². The molecule has 2 aromatic carbocycles. The van der Waals surface area contributed by atoms with Gasteiger partial charge in [-0.3, -0.25) is 4.57 Å². The van der Waals surface area contributed by atoms with E-state index < -0.39 is 11.6 Å². The summed E-state index contributed by atoms with van der Waals surface area (Å²) in [5, 5.41) is 0. The van der Waals surface area contributed by atoms with Gasteiger partial charge in [-0.25, -0.2) is 13.8 Å². The Labute approximate surface area is 126 Å². The fourth-order valence-corrected chi connectivity index (χ4v) is 2.62. The maximum absolute atomic E-state index is 13.9. The molecule has 0 saturated carbocycles. The molecule has 0 unspecified atom stereocenters. The number of hydrogen-bond donors (Lipinski definition) is 0. The SMILES string of the molecule is CCc1cccc(-n2c(CCl)nc3c(F)cc(F)cc32)c1. The predicted molar refractivity (Wildman–Crippen MR) is 79.9 cm³/mol. The summed E-state index contributed by atoms with van der Waals surface area (Å²) in [6, 6.07) is 9.87. The first-order valence-electron chi connectivity index (χ1n) is 6.65. The molecular weight excluding hydrogens is 294 g/mol. The highest BCUT2D eigenvalue weighted by Crippen LogP contribution is 2.26. The molecule has 0 bridgehead atoms. The monoisotopic (exact) mass is 306 g/mol. The molecule has 2 nitrogen and oxygen atoms in total. The van der Waals surface area contributed by atoms with Gasteiger partial charge >= 0.3 is 0 Å². The summed E-state index contributed by atoms with van der Waals surface area (Å²) in [5.41, 5.74) is 2.45. The maximum atomic E-state index is 13.9. The summed E-state index contributed by atoms with van der Waals surface area (Å²) in [7, 11) is 0. The Morgan fingerprint density at radius 2 is 2.00 bits per heavy atom. The van der Waals surface area contributed by atoms with Gasteiger partial charge in [0.05, 0.1) is 11.4 Å². The quantitative estimate of drug-likeness (QED) is 0.646. The van der Waals surface area contributed by atoms with Crippen LogP contribution >= 0.6 is 11.6 Å². The smallest absolute Gasteiger partial charge is 0.153 e. The number of halogens is 3. The highest BCUT2D eigenvalue weighted by molar-refractivity contribution is 6.17. The van der Waals surface area contributed by atoms with Crippen LogP contribution in [-0.4, -0.2) is 9.55 Å². The topological polar surface area (TPSA) is 17.8 Å². The van der Waals surface area contributed by atoms with E-state index in [0.717, 1.165) is 23.7 Å². The summed E-state index contributed by atoms with van der Waals surface area (Å²) in [6.07, 6.45) is 0.874. The van der Waals surface area contributed by atoms with Crippen molar-refractivity contribution in [3.63, 3.8) is 0 Å². The van der Waals surface area contributed by atoms with Crippen molar-refractivity contribution in [1.29, 1.82) is 0 Å². The van der Waals surface area contributed by atoms with E-state index in [2.05, 4.69) is 4.98 Å². The van der Waals surface area contributed by atoms with Gasteiger partial charge in [-0.05, 0) is 24.1 Å². The molecule has 0 saturated heterocycles. The highest BCUT2D eigenvalue weighted by atomic mass is 35.5. The van der Waals surface area contributed by atoms with Gasteiger partial charge < -0.3 is 0 Å². The van der Waals surface area contributed by atoms with Crippen LogP contribution in [0.2, 0.25) is 0 Å². The Balaban J connectivity index is 2.34. The lowest BCUT2D eigenvalue weighted by molar-refractivity contribution is 0.590. The normalized spacial score (nSPS) is 11.2. The van der Waals surface area contributed by atoms with E-state index in [1.165, 1.54) is 6.07 Å². The number of alkyl halides is 1. The Kier molecular flexibility index (Phi) is 3.64. The second kappa shape index (κ2) is 5.45. The Morgan fingerprint density at radius 1 is 1.19 bits per heavy atom. The number of aromatic nitrogens is 2. The third kappa shape index (κ3) is 2.40. The largest absolute Gasteiger partial charge is 0.295 e. The van der Waals surface area contributed by atoms with Gasteiger partial charge in [0.15, 0.2) is 5.82 Å². The summed E-state index contributed by atoms with van der Waals surface area (Å²) in [5.74, 6) is -0.702. The molecule has 0 radical (unpaired) electrons. The van der Waals surface area contributed by atoms with Gasteiger partial charge in [-0.1, -0.05) is 19.1 Å². The lowest BCUT2D eigenvalue weighted by atomic mass is 10.1. The molecule has 0 aliphatic rings. The zero-order chi connectivity index (χ0) is 15.0. The fraction of sp³-hybridized carbons (Fsp3) is 0.188. The summed E-state index contributed by atoms with van der Waals surface area (Å²) < 4.78 is 29.1. The summed E-state index contributed by atoms with van der Waals surface area (Å²) in [4.78, 5) is 4.19. The molecule has 0 spiro atoms. The van der Waals surface area contributed by atoms with E-state index in [9.17, 15) is 8.78 Å². The number of nitrogens with zero attached hydrogens (tertiary/aromatic N) is 2. The molecule has 21 heavy (non-hydrogen) atoms. The van der Waals surface area contributed by atoms with Crippen LogP contribution in [0.3, 0.4) is 0 Å². The lowest BCUT2D eigenvalue weighted by Gasteiger charge is -2.09. The van der Waals surface area contributed by atoms with E-state index in [0.29, 0.717) is 11.3 Å². The van der Waals surface area contributed by atoms with Crippen molar-refractivity contribution in [1.82, 2.24) is 9.55 Å². The highest BCUT2D eigenvalue weighted by Gasteiger charge is 2.16. The molecule has 0 aliphatic heterocycles. The minimum atomic E-state index is -0.679. The standard InChI is InChI=1S/C16H13ClF2N2/c1-2-10-4-3-5-12(6-10)21-14-8-11(18)7-13(19)16(14)20-15(21)9-17/h3-8H,2,9H2,1H3. The van der Waals surface area contributed by atoms with Crippen molar-refractivity contribution in [3.05, 3.63) is 59.4 Å². The Hall–Kier alpha value is -1.94. The van der Waals surface area contributed by atoms with Crippen molar-refractivity contribution in [2.75, 3.05) is 0 Å². The maximum Gasteiger partial charge on any atom is 0.153 e. The molecule has 0 fully saturated rings. The average Bonchev–Trinajstić information content (AvgIpc) is 2.86. The van der Waals surface area contributed by atoms with E-state index in [1.807, 2.05) is 31.2 Å². The van der Waals surface area contributed by atoms with Crippen LogP contribution in [0, 0.1) is 11.6 Å². The lowest BCUT2D eigenvalue weighted by Crippen LogP contribution is -2.00. The second-order valence-electron chi connectivity index (χ2n) is 4.78. The van der Waals surface area contributed by atoms with Gasteiger partial charge in [0.25, 0.3) is 0 Å². The molecule has 3 aromatic rings. The van der Waals surface area contributed by atoms with Crippen LogP contribution in [0.5, 0.6) is 0 Å². The van der Waals surface area contributed by atoms with Crippen molar-refractivity contribution < 1.29 is 8.78 Å². The zero-order valence-corrected chi connectivity index (χ0v) is 12.2. The molecule has 0 N–H and O–H groups in total.